The Hall–Kier alpha value is -1.93. The number of anilines is 1. The van der Waals surface area contributed by atoms with Crippen LogP contribution in [0, 0.1) is 5.92 Å². The van der Waals surface area contributed by atoms with E-state index in [1.807, 2.05) is 4.90 Å². The zero-order chi connectivity index (χ0) is 22.4. The number of piperidine rings is 2. The maximum atomic E-state index is 13.3. The Morgan fingerprint density at radius 3 is 2.48 bits per heavy atom. The SMILES string of the molecule is CC1CCCN(S(=O)(=O)c2ccc3c(c2)C(C)(C)C(=O)N3CC(=O)N2CCCCC2)C1. The summed E-state index contributed by atoms with van der Waals surface area (Å²) in [5.74, 6) is 0.136. The summed E-state index contributed by atoms with van der Waals surface area (Å²) in [4.78, 5) is 29.6. The lowest BCUT2D eigenvalue weighted by atomic mass is 9.86. The second-order valence-electron chi connectivity index (χ2n) is 9.75. The fraction of sp³-hybridized carbons (Fsp3) is 0.652. The molecule has 3 heterocycles. The normalized spacial score (nSPS) is 24.4. The number of carbonyl (C=O) groups excluding carboxylic acids is 2. The first-order valence-corrected chi connectivity index (χ1v) is 12.8. The topological polar surface area (TPSA) is 78.0 Å². The molecule has 0 N–H and O–H groups in total. The van der Waals surface area contributed by atoms with Crippen LogP contribution < -0.4 is 4.90 Å². The van der Waals surface area contributed by atoms with Crippen molar-refractivity contribution in [3.05, 3.63) is 23.8 Å². The minimum Gasteiger partial charge on any atom is -0.341 e. The summed E-state index contributed by atoms with van der Waals surface area (Å²) in [5.41, 5.74) is 0.444. The molecule has 170 valence electrons. The van der Waals surface area contributed by atoms with E-state index in [1.54, 1.807) is 36.4 Å². The molecule has 3 aliphatic heterocycles. The number of rotatable bonds is 4. The lowest BCUT2D eigenvalue weighted by molar-refractivity contribution is -0.132. The summed E-state index contributed by atoms with van der Waals surface area (Å²) in [5, 5.41) is 0. The number of likely N-dealkylation sites (tertiary alicyclic amines) is 1. The van der Waals surface area contributed by atoms with Crippen molar-refractivity contribution in [3.63, 3.8) is 0 Å². The predicted octanol–water partition coefficient (Wildman–Crippen LogP) is 2.74. The van der Waals surface area contributed by atoms with Crippen LogP contribution in [0.3, 0.4) is 0 Å². The van der Waals surface area contributed by atoms with Gasteiger partial charge in [-0.3, -0.25) is 9.59 Å². The van der Waals surface area contributed by atoms with Crippen molar-refractivity contribution < 1.29 is 18.0 Å². The third-order valence-electron chi connectivity index (χ3n) is 6.97. The summed E-state index contributed by atoms with van der Waals surface area (Å²) < 4.78 is 28.1. The van der Waals surface area contributed by atoms with Gasteiger partial charge in [0.15, 0.2) is 0 Å². The maximum Gasteiger partial charge on any atom is 0.243 e. The van der Waals surface area contributed by atoms with Gasteiger partial charge in [0.2, 0.25) is 21.8 Å². The lowest BCUT2D eigenvalue weighted by Crippen LogP contribution is -2.45. The summed E-state index contributed by atoms with van der Waals surface area (Å²) in [6.07, 6.45) is 5.03. The monoisotopic (exact) mass is 447 g/mol. The molecule has 0 saturated carbocycles. The van der Waals surface area contributed by atoms with E-state index in [9.17, 15) is 18.0 Å². The van der Waals surface area contributed by atoms with E-state index in [0.717, 1.165) is 45.2 Å². The molecular weight excluding hydrogens is 414 g/mol. The molecule has 2 fully saturated rings. The first-order valence-electron chi connectivity index (χ1n) is 11.4. The summed E-state index contributed by atoms with van der Waals surface area (Å²) in [6.45, 7) is 8.22. The number of fused-ring (bicyclic) bond motifs is 1. The van der Waals surface area contributed by atoms with Crippen molar-refractivity contribution in [2.75, 3.05) is 37.6 Å². The minimum absolute atomic E-state index is 0.00496. The zero-order valence-corrected chi connectivity index (χ0v) is 19.6. The molecule has 0 aliphatic carbocycles. The molecule has 1 aromatic rings. The molecule has 1 aromatic carbocycles. The molecule has 7 nitrogen and oxygen atoms in total. The largest absolute Gasteiger partial charge is 0.341 e. The van der Waals surface area contributed by atoms with Crippen LogP contribution in [0.1, 0.15) is 58.4 Å². The standard InChI is InChI=1S/C23H33N3O4S/c1-17-8-7-13-25(15-17)31(29,30)18-9-10-20-19(14-18)23(2,3)22(28)26(20)16-21(27)24-11-5-4-6-12-24/h9-10,14,17H,4-8,11-13,15-16H2,1-3H3. The van der Waals surface area contributed by atoms with Crippen molar-refractivity contribution in [3.8, 4) is 0 Å². The molecule has 2 saturated heterocycles. The van der Waals surface area contributed by atoms with Crippen LogP contribution in [0.25, 0.3) is 0 Å². The quantitative estimate of drug-likeness (QED) is 0.711. The number of hydrogen-bond donors (Lipinski definition) is 0. The number of carbonyl (C=O) groups is 2. The number of sulfonamides is 1. The molecule has 31 heavy (non-hydrogen) atoms. The first kappa shape index (κ1) is 22.3. The Morgan fingerprint density at radius 1 is 1.10 bits per heavy atom. The number of amides is 2. The Morgan fingerprint density at radius 2 is 1.81 bits per heavy atom. The van der Waals surface area contributed by atoms with Gasteiger partial charge in [-0.25, -0.2) is 8.42 Å². The highest BCUT2D eigenvalue weighted by atomic mass is 32.2. The van der Waals surface area contributed by atoms with E-state index in [0.29, 0.717) is 30.3 Å². The van der Waals surface area contributed by atoms with Gasteiger partial charge in [-0.15, -0.1) is 0 Å². The highest BCUT2D eigenvalue weighted by Gasteiger charge is 2.45. The van der Waals surface area contributed by atoms with Gasteiger partial charge in [-0.2, -0.15) is 4.31 Å². The highest BCUT2D eigenvalue weighted by Crippen LogP contribution is 2.43. The minimum atomic E-state index is -3.61. The smallest absolute Gasteiger partial charge is 0.243 e. The fourth-order valence-corrected chi connectivity index (χ4v) is 6.65. The van der Waals surface area contributed by atoms with Crippen molar-refractivity contribution in [2.24, 2.45) is 5.92 Å². The third-order valence-corrected chi connectivity index (χ3v) is 8.83. The van der Waals surface area contributed by atoms with E-state index < -0.39 is 15.4 Å². The van der Waals surface area contributed by atoms with Crippen molar-refractivity contribution in [1.82, 2.24) is 9.21 Å². The fourth-order valence-electron chi connectivity index (χ4n) is 5.02. The van der Waals surface area contributed by atoms with E-state index in [2.05, 4.69) is 6.92 Å². The van der Waals surface area contributed by atoms with Gasteiger partial charge in [0.1, 0.15) is 6.54 Å². The van der Waals surface area contributed by atoms with Crippen molar-refractivity contribution in [1.29, 1.82) is 0 Å². The second-order valence-corrected chi connectivity index (χ2v) is 11.7. The molecule has 4 rings (SSSR count). The van der Waals surface area contributed by atoms with E-state index in [4.69, 9.17) is 0 Å². The molecule has 8 heteroatoms. The number of hydrogen-bond acceptors (Lipinski definition) is 4. The summed E-state index contributed by atoms with van der Waals surface area (Å²) in [7, 11) is -3.61. The van der Waals surface area contributed by atoms with Gasteiger partial charge in [0, 0.05) is 31.9 Å². The molecule has 0 aromatic heterocycles. The average Bonchev–Trinajstić information content (AvgIpc) is 2.94. The third kappa shape index (κ3) is 4.00. The van der Waals surface area contributed by atoms with Gasteiger partial charge < -0.3 is 9.80 Å². The lowest BCUT2D eigenvalue weighted by Gasteiger charge is -2.30. The Balaban J connectivity index is 1.62. The molecule has 0 spiro atoms. The Bertz CT molecular complexity index is 983. The molecule has 1 unspecified atom stereocenters. The van der Waals surface area contributed by atoms with Crippen LogP contribution >= 0.6 is 0 Å². The van der Waals surface area contributed by atoms with Crippen molar-refractivity contribution >= 4 is 27.5 Å². The summed E-state index contributed by atoms with van der Waals surface area (Å²) >= 11 is 0. The van der Waals surface area contributed by atoms with Crippen LogP contribution in [-0.4, -0.2) is 62.2 Å². The van der Waals surface area contributed by atoms with Gasteiger partial charge in [-0.1, -0.05) is 6.92 Å². The molecular formula is C23H33N3O4S. The number of benzene rings is 1. The molecule has 0 bridgehead atoms. The molecule has 3 aliphatic rings. The van der Waals surface area contributed by atoms with Crippen LogP contribution in [0.4, 0.5) is 5.69 Å². The summed E-state index contributed by atoms with van der Waals surface area (Å²) in [6, 6.07) is 4.93. The maximum absolute atomic E-state index is 13.3. The van der Waals surface area contributed by atoms with Gasteiger partial charge >= 0.3 is 0 Å². The van der Waals surface area contributed by atoms with Crippen LogP contribution in [0.2, 0.25) is 0 Å². The average molecular weight is 448 g/mol. The predicted molar refractivity (Wildman–Crippen MR) is 119 cm³/mol. The Kier molecular flexibility index (Phi) is 5.89. The van der Waals surface area contributed by atoms with Crippen molar-refractivity contribution in [2.45, 2.75) is 63.2 Å². The van der Waals surface area contributed by atoms with E-state index in [-0.39, 0.29) is 23.3 Å². The molecule has 2 amide bonds. The van der Waals surface area contributed by atoms with E-state index in [1.165, 1.54) is 4.90 Å². The molecule has 1 atom stereocenters. The second kappa shape index (κ2) is 8.20. The highest BCUT2D eigenvalue weighted by molar-refractivity contribution is 7.89. The van der Waals surface area contributed by atoms with Crippen LogP contribution in [-0.2, 0) is 25.0 Å². The van der Waals surface area contributed by atoms with Gasteiger partial charge in [0.05, 0.1) is 10.3 Å². The van der Waals surface area contributed by atoms with Gasteiger partial charge in [0.25, 0.3) is 0 Å². The van der Waals surface area contributed by atoms with Crippen LogP contribution in [0.15, 0.2) is 23.1 Å². The van der Waals surface area contributed by atoms with E-state index >= 15 is 0 Å². The molecule has 0 radical (unpaired) electrons. The first-order chi connectivity index (χ1) is 14.6. The number of nitrogens with zero attached hydrogens (tertiary/aromatic N) is 3. The zero-order valence-electron chi connectivity index (χ0n) is 18.8. The van der Waals surface area contributed by atoms with Gasteiger partial charge in [-0.05, 0) is 75.6 Å². The Labute approximate surface area is 185 Å². The van der Waals surface area contributed by atoms with Crippen LogP contribution in [0.5, 0.6) is 0 Å².